The molecule has 86 valence electrons. The lowest BCUT2D eigenvalue weighted by Gasteiger charge is -2.07. The highest BCUT2D eigenvalue weighted by Gasteiger charge is 2.15. The van der Waals surface area contributed by atoms with Crippen molar-refractivity contribution in [1.29, 1.82) is 5.26 Å². The molecule has 0 aromatic carbocycles. The van der Waals surface area contributed by atoms with Crippen molar-refractivity contribution in [1.82, 2.24) is 19.7 Å². The van der Waals surface area contributed by atoms with Gasteiger partial charge in [0.1, 0.15) is 6.07 Å². The number of aryl methyl sites for hydroxylation is 2. The van der Waals surface area contributed by atoms with E-state index in [1.165, 1.54) is 4.68 Å². The number of nitrogen functional groups attached to an aromatic ring is 1. The maximum atomic E-state index is 9.15. The number of halogens is 1. The van der Waals surface area contributed by atoms with Gasteiger partial charge in [-0.05, 0) is 41.4 Å². The van der Waals surface area contributed by atoms with E-state index in [2.05, 4.69) is 37.1 Å². The fourth-order valence-corrected chi connectivity index (χ4v) is 1.98. The summed E-state index contributed by atoms with van der Waals surface area (Å²) in [5.41, 5.74) is 7.61. The van der Waals surface area contributed by atoms with Crippen molar-refractivity contribution >= 4 is 21.9 Å². The number of rotatable bonds is 1. The molecular formula is C10H9BrN6. The Kier molecular flexibility index (Phi) is 2.81. The van der Waals surface area contributed by atoms with Crippen LogP contribution in [0.3, 0.4) is 0 Å². The van der Waals surface area contributed by atoms with Gasteiger partial charge in [-0.2, -0.15) is 14.9 Å². The van der Waals surface area contributed by atoms with E-state index in [0.29, 0.717) is 16.1 Å². The zero-order chi connectivity index (χ0) is 12.6. The lowest BCUT2D eigenvalue weighted by atomic mass is 10.1. The van der Waals surface area contributed by atoms with E-state index in [1.807, 2.05) is 19.9 Å². The Bertz CT molecular complexity index is 624. The van der Waals surface area contributed by atoms with Gasteiger partial charge in [-0.15, -0.1) is 5.10 Å². The first kappa shape index (κ1) is 11.5. The van der Waals surface area contributed by atoms with Gasteiger partial charge in [-0.25, -0.2) is 4.98 Å². The van der Waals surface area contributed by atoms with Gasteiger partial charge in [0, 0.05) is 5.69 Å². The Labute approximate surface area is 106 Å². The number of nitrogens with two attached hydrogens (primary N) is 1. The molecule has 2 aromatic heterocycles. The molecule has 0 bridgehead atoms. The van der Waals surface area contributed by atoms with Crippen LogP contribution in [0.5, 0.6) is 0 Å². The van der Waals surface area contributed by atoms with Crippen molar-refractivity contribution in [3.05, 3.63) is 27.6 Å². The van der Waals surface area contributed by atoms with Gasteiger partial charge >= 0.3 is 0 Å². The predicted molar refractivity (Wildman–Crippen MR) is 65.5 cm³/mol. The van der Waals surface area contributed by atoms with Crippen molar-refractivity contribution in [3.8, 4) is 11.9 Å². The molecule has 0 aliphatic heterocycles. The smallest absolute Gasteiger partial charge is 0.240 e. The third-order valence-electron chi connectivity index (χ3n) is 2.22. The highest BCUT2D eigenvalue weighted by atomic mass is 79.9. The van der Waals surface area contributed by atoms with E-state index in [0.717, 1.165) is 11.3 Å². The van der Waals surface area contributed by atoms with E-state index < -0.39 is 0 Å². The third-order valence-corrected chi connectivity index (χ3v) is 2.74. The second kappa shape index (κ2) is 4.14. The SMILES string of the molecule is Cc1cc(C)c(C#N)c(-n2nc(N)nc2Br)n1. The van der Waals surface area contributed by atoms with Crippen LogP contribution >= 0.6 is 15.9 Å². The average Bonchev–Trinajstić information content (AvgIpc) is 2.56. The first-order valence-corrected chi connectivity index (χ1v) is 5.59. The van der Waals surface area contributed by atoms with Crippen LogP contribution in [0, 0.1) is 25.2 Å². The molecule has 2 aromatic rings. The molecule has 0 unspecified atom stereocenters. The number of hydrogen-bond acceptors (Lipinski definition) is 5. The Morgan fingerprint density at radius 2 is 2.12 bits per heavy atom. The lowest BCUT2D eigenvalue weighted by molar-refractivity contribution is 0.816. The minimum atomic E-state index is 0.127. The standard InChI is InChI=1S/C10H9BrN6/c1-5-3-6(2)14-8(7(5)4-12)17-9(11)15-10(13)16-17/h3H,1-2H3,(H2,13,16). The van der Waals surface area contributed by atoms with Gasteiger partial charge in [0.2, 0.25) is 10.7 Å². The van der Waals surface area contributed by atoms with E-state index in [1.54, 1.807) is 0 Å². The molecule has 0 aliphatic carbocycles. The normalized spacial score (nSPS) is 10.2. The summed E-state index contributed by atoms with van der Waals surface area (Å²) < 4.78 is 1.83. The molecule has 2 rings (SSSR count). The third kappa shape index (κ3) is 1.99. The molecule has 0 saturated carbocycles. The van der Waals surface area contributed by atoms with Crippen molar-refractivity contribution in [3.63, 3.8) is 0 Å². The first-order valence-electron chi connectivity index (χ1n) is 4.79. The van der Waals surface area contributed by atoms with Crippen molar-refractivity contribution in [2.45, 2.75) is 13.8 Å². The summed E-state index contributed by atoms with van der Waals surface area (Å²) in [6.07, 6.45) is 0. The Hall–Kier alpha value is -1.94. The summed E-state index contributed by atoms with van der Waals surface area (Å²) in [5.74, 6) is 0.558. The van der Waals surface area contributed by atoms with E-state index in [-0.39, 0.29) is 5.95 Å². The highest BCUT2D eigenvalue weighted by Crippen LogP contribution is 2.20. The summed E-state index contributed by atoms with van der Waals surface area (Å²) in [6, 6.07) is 3.96. The Morgan fingerprint density at radius 1 is 1.41 bits per heavy atom. The molecule has 17 heavy (non-hydrogen) atoms. The molecule has 0 atom stereocenters. The number of aromatic nitrogens is 4. The van der Waals surface area contributed by atoms with Crippen molar-refractivity contribution < 1.29 is 0 Å². The monoisotopic (exact) mass is 292 g/mol. The van der Waals surface area contributed by atoms with E-state index in [4.69, 9.17) is 11.0 Å². The van der Waals surface area contributed by atoms with Crippen LogP contribution in [0.25, 0.3) is 5.82 Å². The average molecular weight is 293 g/mol. The van der Waals surface area contributed by atoms with E-state index >= 15 is 0 Å². The van der Waals surface area contributed by atoms with Gasteiger partial charge in [-0.1, -0.05) is 0 Å². The summed E-state index contributed by atoms with van der Waals surface area (Å²) in [5, 5.41) is 13.1. The molecule has 0 saturated heterocycles. The van der Waals surface area contributed by atoms with Crippen molar-refractivity contribution in [2.75, 3.05) is 5.73 Å². The molecule has 7 heteroatoms. The van der Waals surface area contributed by atoms with Gasteiger partial charge in [-0.3, -0.25) is 0 Å². The van der Waals surface area contributed by atoms with Gasteiger partial charge < -0.3 is 5.73 Å². The number of hydrogen-bond donors (Lipinski definition) is 1. The fraction of sp³-hybridized carbons (Fsp3) is 0.200. The van der Waals surface area contributed by atoms with Gasteiger partial charge in [0.05, 0.1) is 5.56 Å². The zero-order valence-electron chi connectivity index (χ0n) is 9.27. The molecule has 2 heterocycles. The largest absolute Gasteiger partial charge is 0.366 e. The van der Waals surface area contributed by atoms with Gasteiger partial charge in [0.25, 0.3) is 0 Å². The quantitative estimate of drug-likeness (QED) is 0.859. The highest BCUT2D eigenvalue weighted by molar-refractivity contribution is 9.10. The number of nitriles is 1. The lowest BCUT2D eigenvalue weighted by Crippen LogP contribution is -2.06. The number of pyridine rings is 1. The molecule has 2 N–H and O–H groups in total. The second-order valence-electron chi connectivity index (χ2n) is 3.54. The van der Waals surface area contributed by atoms with Crippen LogP contribution in [0.4, 0.5) is 5.95 Å². The molecular weight excluding hydrogens is 284 g/mol. The fourth-order valence-electron chi connectivity index (χ4n) is 1.55. The molecule has 0 aliphatic rings. The van der Waals surface area contributed by atoms with Crippen LogP contribution in [-0.2, 0) is 0 Å². The summed E-state index contributed by atoms with van der Waals surface area (Å²) in [7, 11) is 0. The Balaban J connectivity index is 2.75. The van der Waals surface area contributed by atoms with Crippen LogP contribution < -0.4 is 5.73 Å². The number of anilines is 1. The minimum Gasteiger partial charge on any atom is -0.366 e. The maximum absolute atomic E-state index is 9.15. The van der Waals surface area contributed by atoms with Crippen LogP contribution in [0.1, 0.15) is 16.8 Å². The topological polar surface area (TPSA) is 93.4 Å². The first-order chi connectivity index (χ1) is 8.02. The molecule has 0 fully saturated rings. The van der Waals surface area contributed by atoms with Crippen LogP contribution in [0.15, 0.2) is 10.8 Å². The van der Waals surface area contributed by atoms with Gasteiger partial charge in [0.15, 0.2) is 5.82 Å². The summed E-state index contributed by atoms with van der Waals surface area (Å²) >= 11 is 3.23. The maximum Gasteiger partial charge on any atom is 0.240 e. The number of nitrogens with zero attached hydrogens (tertiary/aromatic N) is 5. The van der Waals surface area contributed by atoms with Crippen molar-refractivity contribution in [2.24, 2.45) is 0 Å². The predicted octanol–water partition coefficient (Wildman–Crippen LogP) is 1.50. The minimum absolute atomic E-state index is 0.127. The molecule has 0 spiro atoms. The summed E-state index contributed by atoms with van der Waals surface area (Å²) in [6.45, 7) is 3.71. The molecule has 0 amide bonds. The molecule has 6 nitrogen and oxygen atoms in total. The van der Waals surface area contributed by atoms with Crippen LogP contribution in [-0.4, -0.2) is 19.7 Å². The zero-order valence-corrected chi connectivity index (χ0v) is 10.9. The Morgan fingerprint density at radius 3 is 2.65 bits per heavy atom. The summed E-state index contributed by atoms with van der Waals surface area (Å²) in [4.78, 5) is 8.22. The second-order valence-corrected chi connectivity index (χ2v) is 4.25. The molecule has 0 radical (unpaired) electrons. The van der Waals surface area contributed by atoms with E-state index in [9.17, 15) is 0 Å². The van der Waals surface area contributed by atoms with Crippen LogP contribution in [0.2, 0.25) is 0 Å².